The summed E-state index contributed by atoms with van der Waals surface area (Å²) in [5.74, 6) is -0.0370. The first-order valence-electron chi connectivity index (χ1n) is 4.66. The van der Waals surface area contributed by atoms with E-state index in [9.17, 15) is 0 Å². The van der Waals surface area contributed by atoms with Crippen LogP contribution in [-0.4, -0.2) is 24.0 Å². The van der Waals surface area contributed by atoms with E-state index in [1.165, 1.54) is 4.80 Å². The summed E-state index contributed by atoms with van der Waals surface area (Å²) < 4.78 is -3.78. The van der Waals surface area contributed by atoms with Gasteiger partial charge in [-0.1, -0.05) is 78.8 Å². The van der Waals surface area contributed by atoms with Crippen LogP contribution in [0.3, 0.4) is 0 Å². The van der Waals surface area contributed by atoms with E-state index < -0.39 is 8.13 Å². The van der Waals surface area contributed by atoms with Crippen molar-refractivity contribution in [1.82, 2.24) is 20.2 Å². The molecule has 0 aliphatic carbocycles. The highest BCUT2D eigenvalue weighted by Gasteiger charge is 2.51. The highest BCUT2D eigenvalue weighted by atomic mass is 35.6. The van der Waals surface area contributed by atoms with Crippen LogP contribution >= 0.6 is 58.0 Å². The second-order valence-corrected chi connectivity index (χ2v) is 8.38. The average Bonchev–Trinajstić information content (AvgIpc) is 2.47. The van der Waals surface area contributed by atoms with Crippen molar-refractivity contribution in [2.24, 2.45) is 5.41 Å². The maximum atomic E-state index is 5.91. The normalized spacial score (nSPS) is 14.1. The van der Waals surface area contributed by atoms with Crippen molar-refractivity contribution in [1.29, 1.82) is 0 Å². The van der Waals surface area contributed by atoms with Gasteiger partial charge in [0.25, 0.3) is 0 Å². The van der Waals surface area contributed by atoms with Crippen LogP contribution < -0.4 is 0 Å². The second kappa shape index (κ2) is 4.89. The third-order valence-corrected chi connectivity index (χ3v) is 4.04. The van der Waals surface area contributed by atoms with Gasteiger partial charge >= 0.3 is 0 Å². The first kappa shape index (κ1) is 15.6. The minimum atomic E-state index is -1.94. The molecule has 0 unspecified atom stereocenters. The summed E-state index contributed by atoms with van der Waals surface area (Å²) in [7, 11) is 0. The molecule has 98 valence electrons. The fourth-order valence-electron chi connectivity index (χ4n) is 0.987. The Morgan fingerprint density at radius 3 is 2.00 bits per heavy atom. The van der Waals surface area contributed by atoms with E-state index in [0.717, 1.165) is 0 Å². The van der Waals surface area contributed by atoms with Crippen molar-refractivity contribution in [3.63, 3.8) is 0 Å². The first-order valence-corrected chi connectivity index (χ1v) is 6.55. The number of halogens is 5. The maximum absolute atomic E-state index is 5.91. The highest BCUT2D eigenvalue weighted by Crippen LogP contribution is 2.51. The fraction of sp³-hybridized carbons (Fsp3) is 0.875. The predicted octanol–water partition coefficient (Wildman–Crippen LogP) is 3.72. The molecule has 17 heavy (non-hydrogen) atoms. The summed E-state index contributed by atoms with van der Waals surface area (Å²) in [6.07, 6.45) is 0. The van der Waals surface area contributed by atoms with Gasteiger partial charge in [-0.25, -0.2) is 0 Å². The fourth-order valence-corrected chi connectivity index (χ4v) is 1.39. The predicted molar refractivity (Wildman–Crippen MR) is 70.9 cm³/mol. The number of rotatable bonds is 2. The van der Waals surface area contributed by atoms with E-state index in [4.69, 9.17) is 58.0 Å². The van der Waals surface area contributed by atoms with Gasteiger partial charge in [-0.2, -0.15) is 4.80 Å². The van der Waals surface area contributed by atoms with Crippen molar-refractivity contribution < 1.29 is 0 Å². The van der Waals surface area contributed by atoms with Gasteiger partial charge in [0.1, 0.15) is 0 Å². The van der Waals surface area contributed by atoms with Crippen molar-refractivity contribution >= 4 is 58.0 Å². The number of nitrogens with zero attached hydrogens (tertiary/aromatic N) is 4. The molecule has 0 amide bonds. The number of tetrazole rings is 1. The first-order chi connectivity index (χ1) is 7.43. The molecule has 1 aromatic rings. The van der Waals surface area contributed by atoms with Crippen molar-refractivity contribution in [2.75, 3.05) is 0 Å². The lowest BCUT2D eigenvalue weighted by atomic mass is 9.97. The summed E-state index contributed by atoms with van der Waals surface area (Å²) in [5, 5.41) is 11.5. The molecule has 0 aromatic carbocycles. The third-order valence-electron chi connectivity index (χ3n) is 1.71. The monoisotopic (exact) mass is 338 g/mol. The Balaban J connectivity index is 2.96. The van der Waals surface area contributed by atoms with Gasteiger partial charge in [-0.3, -0.25) is 0 Å². The molecule has 0 aliphatic rings. The summed E-state index contributed by atoms with van der Waals surface area (Å²) in [5.41, 5.74) is -0.0146. The number of hydrogen-bond donors (Lipinski definition) is 0. The standard InChI is InChI=1S/C8H11Cl5N4/c1-6(2,3)4-17-15-5(14-16-17)7(9,10)8(11,12)13/h4H2,1-3H3. The summed E-state index contributed by atoms with van der Waals surface area (Å²) in [6, 6.07) is 0. The van der Waals surface area contributed by atoms with Crippen molar-refractivity contribution in [2.45, 2.75) is 35.4 Å². The molecule has 9 heteroatoms. The van der Waals surface area contributed by atoms with Crippen LogP contribution in [0.15, 0.2) is 0 Å². The molecule has 0 aliphatic heterocycles. The molecule has 0 spiro atoms. The second-order valence-electron chi connectivity index (χ2n) is 4.78. The summed E-state index contributed by atoms with van der Waals surface area (Å²) in [4.78, 5) is 1.37. The zero-order chi connectivity index (χ0) is 13.5. The molecule has 1 heterocycles. The van der Waals surface area contributed by atoms with E-state index in [0.29, 0.717) is 6.54 Å². The summed E-state index contributed by atoms with van der Waals surface area (Å²) in [6.45, 7) is 6.63. The quantitative estimate of drug-likeness (QED) is 0.771. The van der Waals surface area contributed by atoms with E-state index in [1.807, 2.05) is 20.8 Å². The Bertz CT molecular complexity index is 389. The molecule has 0 bridgehead atoms. The lowest BCUT2D eigenvalue weighted by Gasteiger charge is -2.23. The van der Waals surface area contributed by atoms with Gasteiger partial charge in [-0.05, 0) is 10.6 Å². The van der Waals surface area contributed by atoms with Gasteiger partial charge in [-0.15, -0.1) is 10.2 Å². The molecular formula is C8H11Cl5N4. The molecule has 0 saturated heterocycles. The van der Waals surface area contributed by atoms with Crippen LogP contribution in [0.5, 0.6) is 0 Å². The average molecular weight is 340 g/mol. The molecule has 0 radical (unpaired) electrons. The Kier molecular flexibility index (Phi) is 4.48. The molecule has 1 rings (SSSR count). The topological polar surface area (TPSA) is 43.6 Å². The Hall–Kier alpha value is 0.520. The van der Waals surface area contributed by atoms with Gasteiger partial charge < -0.3 is 0 Å². The molecule has 1 aromatic heterocycles. The van der Waals surface area contributed by atoms with Crippen LogP contribution in [0.1, 0.15) is 26.6 Å². The van der Waals surface area contributed by atoms with Crippen LogP contribution in [0, 0.1) is 5.41 Å². The zero-order valence-corrected chi connectivity index (χ0v) is 13.2. The molecular weight excluding hydrogens is 329 g/mol. The minimum absolute atomic E-state index is 0.0146. The lowest BCUT2D eigenvalue weighted by Crippen LogP contribution is -2.30. The lowest BCUT2D eigenvalue weighted by molar-refractivity contribution is 0.299. The molecule has 0 fully saturated rings. The van der Waals surface area contributed by atoms with Gasteiger partial charge in [0.05, 0.1) is 6.54 Å². The van der Waals surface area contributed by atoms with Crippen molar-refractivity contribution in [3.05, 3.63) is 5.82 Å². The van der Waals surface area contributed by atoms with Gasteiger partial charge in [0, 0.05) is 0 Å². The van der Waals surface area contributed by atoms with Gasteiger partial charge in [0.15, 0.2) is 0 Å². The Morgan fingerprint density at radius 2 is 1.59 bits per heavy atom. The minimum Gasteiger partial charge on any atom is -0.164 e. The van der Waals surface area contributed by atoms with Gasteiger partial charge in [0.2, 0.25) is 14.0 Å². The zero-order valence-electron chi connectivity index (χ0n) is 9.39. The Morgan fingerprint density at radius 1 is 1.06 bits per heavy atom. The molecule has 0 saturated carbocycles. The van der Waals surface area contributed by atoms with Crippen LogP contribution in [0.25, 0.3) is 0 Å². The van der Waals surface area contributed by atoms with E-state index in [-0.39, 0.29) is 11.2 Å². The number of aromatic nitrogens is 4. The highest BCUT2D eigenvalue weighted by molar-refractivity contribution is 6.75. The van der Waals surface area contributed by atoms with Crippen LogP contribution in [-0.2, 0) is 10.9 Å². The van der Waals surface area contributed by atoms with E-state index in [1.54, 1.807) is 0 Å². The number of alkyl halides is 5. The third kappa shape index (κ3) is 4.00. The van der Waals surface area contributed by atoms with Crippen LogP contribution in [0.2, 0.25) is 0 Å². The smallest absolute Gasteiger partial charge is 0.164 e. The SMILES string of the molecule is CC(C)(C)Cn1nnc(C(Cl)(Cl)C(Cl)(Cl)Cl)n1. The largest absolute Gasteiger partial charge is 0.230 e. The molecule has 4 nitrogen and oxygen atoms in total. The molecule has 0 atom stereocenters. The number of hydrogen-bond acceptors (Lipinski definition) is 3. The van der Waals surface area contributed by atoms with Crippen LogP contribution in [0.4, 0.5) is 0 Å². The van der Waals surface area contributed by atoms with E-state index in [2.05, 4.69) is 15.4 Å². The summed E-state index contributed by atoms with van der Waals surface area (Å²) >= 11 is 28.8. The van der Waals surface area contributed by atoms with E-state index >= 15 is 0 Å². The van der Waals surface area contributed by atoms with Crippen molar-refractivity contribution in [3.8, 4) is 0 Å². The Labute approximate surface area is 124 Å². The molecule has 0 N–H and O–H groups in total. The maximum Gasteiger partial charge on any atom is 0.230 e.